The van der Waals surface area contributed by atoms with E-state index >= 15 is 0 Å². The minimum absolute atomic E-state index is 0.846. The van der Waals surface area contributed by atoms with Gasteiger partial charge in [-0.05, 0) is 87.6 Å². The average Bonchev–Trinajstić information content (AvgIpc) is 3.73. The van der Waals surface area contributed by atoms with Crippen molar-refractivity contribution in [2.75, 3.05) is 4.90 Å². The van der Waals surface area contributed by atoms with Crippen molar-refractivity contribution in [3.63, 3.8) is 0 Å². The van der Waals surface area contributed by atoms with E-state index in [1.807, 2.05) is 12.1 Å². The molecule has 8 aromatic carbocycles. The number of benzene rings is 8. The molecule has 230 valence electrons. The van der Waals surface area contributed by atoms with E-state index in [4.69, 9.17) is 8.83 Å². The van der Waals surface area contributed by atoms with Gasteiger partial charge in [-0.1, -0.05) is 109 Å². The molecule has 49 heavy (non-hydrogen) atoms. The quantitative estimate of drug-likeness (QED) is 0.190. The fraction of sp³-hybridized carbons (Fsp3) is 0. The normalized spacial score (nSPS) is 11.7. The molecule has 0 unspecified atom stereocenters. The lowest BCUT2D eigenvalue weighted by Crippen LogP contribution is -2.09. The Morgan fingerprint density at radius 1 is 0.327 bits per heavy atom. The van der Waals surface area contributed by atoms with Crippen LogP contribution in [0.5, 0.6) is 0 Å². The molecular formula is C46H29NO2. The van der Waals surface area contributed by atoms with Crippen molar-refractivity contribution in [2.24, 2.45) is 0 Å². The molecule has 0 radical (unpaired) electrons. The Morgan fingerprint density at radius 2 is 0.898 bits per heavy atom. The lowest BCUT2D eigenvalue weighted by atomic mass is 9.99. The summed E-state index contributed by atoms with van der Waals surface area (Å²) in [5.74, 6) is 0. The van der Waals surface area contributed by atoms with Gasteiger partial charge in [0.1, 0.15) is 22.3 Å². The van der Waals surface area contributed by atoms with E-state index in [9.17, 15) is 0 Å². The molecule has 2 aromatic heterocycles. The molecule has 0 bridgehead atoms. The van der Waals surface area contributed by atoms with Gasteiger partial charge in [-0.3, -0.25) is 0 Å². The van der Waals surface area contributed by atoms with Gasteiger partial charge in [-0.25, -0.2) is 0 Å². The zero-order valence-corrected chi connectivity index (χ0v) is 26.5. The van der Waals surface area contributed by atoms with E-state index in [1.165, 1.54) is 33.0 Å². The molecule has 0 spiro atoms. The lowest BCUT2D eigenvalue weighted by molar-refractivity contribution is 0.669. The van der Waals surface area contributed by atoms with Gasteiger partial charge >= 0.3 is 0 Å². The second-order valence-corrected chi connectivity index (χ2v) is 12.6. The molecule has 0 atom stereocenters. The Labute approximate surface area is 282 Å². The van der Waals surface area contributed by atoms with Gasteiger partial charge in [0, 0.05) is 50.7 Å². The van der Waals surface area contributed by atoms with Crippen LogP contribution in [0.2, 0.25) is 0 Å². The number of rotatable bonds is 5. The highest BCUT2D eigenvalue weighted by molar-refractivity contribution is 6.13. The maximum Gasteiger partial charge on any atom is 0.137 e. The standard InChI is InChI=1S/C46H29NO2/c1-3-10-30(11-4-1)32-18-19-34-27-35(21-20-33(34)26-32)47(36-22-24-40-39-14-7-8-16-42(39)48-44(40)28-36)37-23-25-41-45(29-37)49-43-17-9-15-38(46(41)43)31-12-5-2-6-13-31/h1-29H. The molecule has 0 aliphatic rings. The van der Waals surface area contributed by atoms with Gasteiger partial charge in [-0.15, -0.1) is 0 Å². The van der Waals surface area contributed by atoms with Crippen LogP contribution in [-0.4, -0.2) is 0 Å². The lowest BCUT2D eigenvalue weighted by Gasteiger charge is -2.26. The van der Waals surface area contributed by atoms with Crippen molar-refractivity contribution in [3.05, 3.63) is 176 Å². The Hall–Kier alpha value is -6.58. The van der Waals surface area contributed by atoms with Crippen LogP contribution in [0.1, 0.15) is 0 Å². The van der Waals surface area contributed by atoms with Crippen LogP contribution >= 0.6 is 0 Å². The summed E-state index contributed by atoms with van der Waals surface area (Å²) in [4.78, 5) is 2.29. The second-order valence-electron chi connectivity index (χ2n) is 12.6. The first-order valence-electron chi connectivity index (χ1n) is 16.6. The zero-order valence-electron chi connectivity index (χ0n) is 26.5. The smallest absolute Gasteiger partial charge is 0.137 e. The van der Waals surface area contributed by atoms with E-state index in [1.54, 1.807) is 0 Å². The fourth-order valence-electron chi connectivity index (χ4n) is 7.30. The van der Waals surface area contributed by atoms with Crippen molar-refractivity contribution in [2.45, 2.75) is 0 Å². The topological polar surface area (TPSA) is 29.5 Å². The van der Waals surface area contributed by atoms with Gasteiger partial charge in [-0.2, -0.15) is 0 Å². The molecule has 2 heterocycles. The first-order valence-corrected chi connectivity index (χ1v) is 16.6. The average molecular weight is 628 g/mol. The van der Waals surface area contributed by atoms with Crippen LogP contribution in [0, 0.1) is 0 Å². The molecule has 0 aliphatic carbocycles. The minimum Gasteiger partial charge on any atom is -0.456 e. The van der Waals surface area contributed by atoms with Crippen LogP contribution in [0.25, 0.3) is 76.9 Å². The number of hydrogen-bond acceptors (Lipinski definition) is 3. The summed E-state index contributed by atoms with van der Waals surface area (Å²) in [5, 5.41) is 6.81. The highest BCUT2D eigenvalue weighted by Gasteiger charge is 2.19. The van der Waals surface area contributed by atoms with Crippen molar-refractivity contribution in [1.29, 1.82) is 0 Å². The molecule has 3 heteroatoms. The SMILES string of the molecule is c1ccc(-c2ccc3cc(N(c4ccc5c(c4)oc4ccccc45)c4ccc5c(c4)oc4cccc(-c6ccccc6)c45)ccc3c2)cc1. The zero-order chi connectivity index (χ0) is 32.3. The molecule has 0 aliphatic heterocycles. The number of hydrogen-bond donors (Lipinski definition) is 0. The van der Waals surface area contributed by atoms with Gasteiger partial charge in [0.2, 0.25) is 0 Å². The van der Waals surface area contributed by atoms with Crippen LogP contribution in [0.4, 0.5) is 17.1 Å². The third-order valence-corrected chi connectivity index (χ3v) is 9.63. The van der Waals surface area contributed by atoms with Gasteiger partial charge in [0.05, 0.1) is 0 Å². The molecular weight excluding hydrogens is 599 g/mol. The molecule has 0 saturated carbocycles. The van der Waals surface area contributed by atoms with E-state index in [-0.39, 0.29) is 0 Å². The molecule has 10 rings (SSSR count). The Bertz CT molecular complexity index is 2830. The Balaban J connectivity index is 1.15. The summed E-state index contributed by atoms with van der Waals surface area (Å²) in [6, 6.07) is 62.0. The van der Waals surface area contributed by atoms with E-state index in [2.05, 4.69) is 169 Å². The Kier molecular flexibility index (Phi) is 6.18. The first-order chi connectivity index (χ1) is 24.3. The second kappa shape index (κ2) is 11.0. The van der Waals surface area contributed by atoms with Crippen molar-refractivity contribution in [3.8, 4) is 22.3 Å². The molecule has 0 amide bonds. The van der Waals surface area contributed by atoms with Crippen LogP contribution in [0.15, 0.2) is 185 Å². The summed E-state index contributed by atoms with van der Waals surface area (Å²) in [7, 11) is 0. The molecule has 0 N–H and O–H groups in total. The maximum absolute atomic E-state index is 6.57. The van der Waals surface area contributed by atoms with E-state index < -0.39 is 0 Å². The molecule has 3 nitrogen and oxygen atoms in total. The van der Waals surface area contributed by atoms with Crippen LogP contribution in [0.3, 0.4) is 0 Å². The van der Waals surface area contributed by atoms with Crippen molar-refractivity contribution < 1.29 is 8.83 Å². The highest BCUT2D eigenvalue weighted by Crippen LogP contribution is 2.43. The molecule has 0 fully saturated rings. The first kappa shape index (κ1) is 27.5. The summed E-state index contributed by atoms with van der Waals surface area (Å²) in [5.41, 5.74) is 11.3. The monoisotopic (exact) mass is 627 g/mol. The Morgan fingerprint density at radius 3 is 1.71 bits per heavy atom. The fourth-order valence-corrected chi connectivity index (χ4v) is 7.30. The predicted octanol–water partition coefficient (Wildman–Crippen LogP) is 13.4. The summed E-state index contributed by atoms with van der Waals surface area (Å²) in [6.07, 6.45) is 0. The van der Waals surface area contributed by atoms with Crippen LogP contribution < -0.4 is 4.90 Å². The minimum atomic E-state index is 0.846. The number of nitrogens with zero attached hydrogens (tertiary/aromatic N) is 1. The van der Waals surface area contributed by atoms with Gasteiger partial charge in [0.15, 0.2) is 0 Å². The largest absolute Gasteiger partial charge is 0.456 e. The number of fused-ring (bicyclic) bond motifs is 7. The summed E-state index contributed by atoms with van der Waals surface area (Å²) in [6.45, 7) is 0. The number of anilines is 3. The predicted molar refractivity (Wildman–Crippen MR) is 204 cm³/mol. The highest BCUT2D eigenvalue weighted by atomic mass is 16.3. The van der Waals surface area contributed by atoms with E-state index in [0.29, 0.717) is 0 Å². The third kappa shape index (κ3) is 4.59. The number of para-hydroxylation sites is 1. The molecule has 10 aromatic rings. The van der Waals surface area contributed by atoms with Crippen molar-refractivity contribution in [1.82, 2.24) is 0 Å². The van der Waals surface area contributed by atoms with Crippen molar-refractivity contribution >= 4 is 71.7 Å². The van der Waals surface area contributed by atoms with E-state index in [0.717, 1.165) is 60.9 Å². The maximum atomic E-state index is 6.57. The van der Waals surface area contributed by atoms with Gasteiger partial charge in [0.25, 0.3) is 0 Å². The summed E-state index contributed by atoms with van der Waals surface area (Å²) < 4.78 is 12.9. The number of furan rings is 2. The van der Waals surface area contributed by atoms with Gasteiger partial charge < -0.3 is 13.7 Å². The molecule has 0 saturated heterocycles. The summed E-state index contributed by atoms with van der Waals surface area (Å²) >= 11 is 0. The third-order valence-electron chi connectivity index (χ3n) is 9.63. The van der Waals surface area contributed by atoms with Crippen LogP contribution in [-0.2, 0) is 0 Å².